The fourth-order valence-corrected chi connectivity index (χ4v) is 4.97. The van der Waals surface area contributed by atoms with Crippen LogP contribution in [0.4, 0.5) is 5.69 Å². The lowest BCUT2D eigenvalue weighted by atomic mass is 9.85. The van der Waals surface area contributed by atoms with Gasteiger partial charge in [0.1, 0.15) is 23.2 Å². The van der Waals surface area contributed by atoms with Crippen LogP contribution < -0.4 is 19.5 Å². The Kier molecular flexibility index (Phi) is 6.65. The minimum absolute atomic E-state index is 0.321. The lowest BCUT2D eigenvalue weighted by Crippen LogP contribution is -2.52. The molecule has 1 aromatic carbocycles. The molecule has 8 heteroatoms. The molecule has 0 bridgehead atoms. The smallest absolute Gasteiger partial charge is 0.229 e. The molecule has 1 aromatic rings. The Bertz CT molecular complexity index is 819. The van der Waals surface area contributed by atoms with Gasteiger partial charge in [0.2, 0.25) is 10.0 Å². The average Bonchev–Trinajstić information content (AvgIpc) is 2.64. The van der Waals surface area contributed by atoms with E-state index in [4.69, 9.17) is 9.47 Å². The van der Waals surface area contributed by atoms with Crippen LogP contribution >= 0.6 is 0 Å². The highest BCUT2D eigenvalue weighted by atomic mass is 32.2. The number of aliphatic hydroxyl groups excluding tert-OH is 1. The van der Waals surface area contributed by atoms with Crippen molar-refractivity contribution < 1.29 is 23.0 Å². The fraction of sp³-hybridized carbons (Fsp3) is 0.714. The summed E-state index contributed by atoms with van der Waals surface area (Å²) in [5, 5.41) is 14.5. The van der Waals surface area contributed by atoms with Crippen LogP contribution in [-0.4, -0.2) is 45.1 Å². The van der Waals surface area contributed by atoms with E-state index in [-0.39, 0.29) is 6.04 Å². The van der Waals surface area contributed by atoms with Crippen LogP contribution in [0.3, 0.4) is 0 Å². The van der Waals surface area contributed by atoms with E-state index in [2.05, 4.69) is 10.0 Å². The Labute approximate surface area is 174 Å². The molecule has 2 unspecified atom stereocenters. The average molecular weight is 427 g/mol. The maximum atomic E-state index is 11.7. The first kappa shape index (κ1) is 22.2. The highest BCUT2D eigenvalue weighted by Crippen LogP contribution is 2.44. The summed E-state index contributed by atoms with van der Waals surface area (Å²) in [6.07, 6.45) is 7.97. The van der Waals surface area contributed by atoms with Crippen LogP contribution in [0.1, 0.15) is 64.0 Å². The number of hydrogen-bond acceptors (Lipinski definition) is 6. The summed E-state index contributed by atoms with van der Waals surface area (Å²) in [7, 11) is -1.98. The second-order valence-corrected chi connectivity index (χ2v) is 10.6. The van der Waals surface area contributed by atoms with E-state index in [1.807, 2.05) is 13.8 Å². The number of fused-ring (bicyclic) bond motifs is 1. The number of nitrogens with one attached hydrogen (secondary N) is 2. The molecule has 1 aliphatic carbocycles. The third-order valence-electron chi connectivity index (χ3n) is 6.00. The van der Waals surface area contributed by atoms with Gasteiger partial charge in [0.15, 0.2) is 0 Å². The topological polar surface area (TPSA) is 96.9 Å². The molecule has 1 heterocycles. The highest BCUT2D eigenvalue weighted by molar-refractivity contribution is 7.92. The van der Waals surface area contributed by atoms with Crippen LogP contribution in [0.25, 0.3) is 0 Å². The molecule has 1 aliphatic heterocycles. The summed E-state index contributed by atoms with van der Waals surface area (Å²) in [5.41, 5.74) is 0.283. The molecule has 0 saturated heterocycles. The third kappa shape index (κ3) is 5.35. The van der Waals surface area contributed by atoms with E-state index in [9.17, 15) is 13.5 Å². The van der Waals surface area contributed by atoms with Crippen LogP contribution in [-0.2, 0) is 10.0 Å². The quantitative estimate of drug-likeness (QED) is 0.620. The maximum Gasteiger partial charge on any atom is 0.229 e. The first-order chi connectivity index (χ1) is 13.6. The number of benzene rings is 1. The molecule has 2 atom stereocenters. The summed E-state index contributed by atoms with van der Waals surface area (Å²) in [4.78, 5) is 0. The second kappa shape index (κ2) is 8.70. The van der Waals surface area contributed by atoms with E-state index in [1.165, 1.54) is 39.2 Å². The Morgan fingerprint density at radius 3 is 2.55 bits per heavy atom. The minimum atomic E-state index is -3.47. The number of methoxy groups -OCH3 is 1. The van der Waals surface area contributed by atoms with Gasteiger partial charge in [-0.15, -0.1) is 0 Å². The van der Waals surface area contributed by atoms with Crippen molar-refractivity contribution in [1.82, 2.24) is 5.32 Å². The van der Waals surface area contributed by atoms with E-state index >= 15 is 0 Å². The minimum Gasteiger partial charge on any atom is -0.495 e. The number of hydrogen-bond donors (Lipinski definition) is 3. The number of sulfonamides is 1. The molecule has 0 aromatic heterocycles. The molecule has 0 spiro atoms. The monoisotopic (exact) mass is 426 g/mol. The van der Waals surface area contributed by atoms with Crippen molar-refractivity contribution in [2.24, 2.45) is 5.92 Å². The van der Waals surface area contributed by atoms with Gasteiger partial charge in [0.05, 0.1) is 25.1 Å². The predicted molar refractivity (Wildman–Crippen MR) is 114 cm³/mol. The van der Waals surface area contributed by atoms with Gasteiger partial charge >= 0.3 is 0 Å². The molecular formula is C21H34N2O5S. The van der Waals surface area contributed by atoms with E-state index < -0.39 is 21.7 Å². The van der Waals surface area contributed by atoms with Crippen LogP contribution in [0.5, 0.6) is 11.5 Å². The first-order valence-corrected chi connectivity index (χ1v) is 12.3. The Balaban J connectivity index is 1.85. The lowest BCUT2D eigenvalue weighted by Gasteiger charge is -2.43. The van der Waals surface area contributed by atoms with Gasteiger partial charge in [-0.1, -0.05) is 32.1 Å². The summed E-state index contributed by atoms with van der Waals surface area (Å²) < 4.78 is 37.3. The van der Waals surface area contributed by atoms with Gasteiger partial charge < -0.3 is 19.9 Å². The van der Waals surface area contributed by atoms with Gasteiger partial charge in [0.25, 0.3) is 0 Å². The van der Waals surface area contributed by atoms with Gasteiger partial charge in [-0.3, -0.25) is 4.72 Å². The van der Waals surface area contributed by atoms with Gasteiger partial charge in [-0.05, 0) is 38.8 Å². The zero-order valence-electron chi connectivity index (χ0n) is 17.8. The molecule has 7 nitrogen and oxygen atoms in total. The Morgan fingerprint density at radius 1 is 1.24 bits per heavy atom. The molecule has 0 radical (unpaired) electrons. The summed E-state index contributed by atoms with van der Waals surface area (Å²) >= 11 is 0. The zero-order valence-corrected chi connectivity index (χ0v) is 18.6. The van der Waals surface area contributed by atoms with Crippen LogP contribution in [0, 0.1) is 5.92 Å². The molecule has 164 valence electrons. The van der Waals surface area contributed by atoms with Gasteiger partial charge in [-0.25, -0.2) is 8.42 Å². The fourth-order valence-electron chi connectivity index (χ4n) is 4.41. The number of ether oxygens (including phenoxy) is 2. The normalized spacial score (nSPS) is 24.4. The molecule has 1 fully saturated rings. The highest BCUT2D eigenvalue weighted by Gasteiger charge is 2.43. The molecule has 29 heavy (non-hydrogen) atoms. The number of rotatable bonds is 7. The van der Waals surface area contributed by atoms with Crippen LogP contribution in [0.2, 0.25) is 0 Å². The number of anilines is 1. The summed E-state index contributed by atoms with van der Waals surface area (Å²) in [5.74, 6) is 1.68. The van der Waals surface area contributed by atoms with Gasteiger partial charge in [0, 0.05) is 11.6 Å². The van der Waals surface area contributed by atoms with Gasteiger partial charge in [-0.2, -0.15) is 0 Å². The SMILES string of the molecule is COc1cc2c(cc1NS(C)(=O)=O)OC(C)(C)C(O)C2NCCC1CCCCC1. The van der Waals surface area contributed by atoms with Crippen molar-refractivity contribution in [2.45, 2.75) is 70.1 Å². The van der Waals surface area contributed by atoms with Crippen molar-refractivity contribution in [3.8, 4) is 11.5 Å². The molecule has 2 aliphatic rings. The zero-order chi connectivity index (χ0) is 21.2. The summed E-state index contributed by atoms with van der Waals surface area (Å²) in [6.45, 7) is 4.49. The van der Waals surface area contributed by atoms with Crippen molar-refractivity contribution in [1.29, 1.82) is 0 Å². The largest absolute Gasteiger partial charge is 0.495 e. The molecular weight excluding hydrogens is 392 g/mol. The molecule has 3 N–H and O–H groups in total. The first-order valence-electron chi connectivity index (χ1n) is 10.4. The van der Waals surface area contributed by atoms with Crippen LogP contribution in [0.15, 0.2) is 12.1 Å². The van der Waals surface area contributed by atoms with Crippen molar-refractivity contribution in [2.75, 3.05) is 24.6 Å². The third-order valence-corrected chi connectivity index (χ3v) is 6.60. The van der Waals surface area contributed by atoms with E-state index in [1.54, 1.807) is 12.1 Å². The van der Waals surface area contributed by atoms with Crippen molar-refractivity contribution in [3.05, 3.63) is 17.7 Å². The predicted octanol–water partition coefficient (Wildman–Crippen LogP) is 3.20. The molecule has 1 saturated carbocycles. The summed E-state index contributed by atoms with van der Waals surface area (Å²) in [6, 6.07) is 3.07. The molecule has 3 rings (SSSR count). The van der Waals surface area contributed by atoms with E-state index in [0.717, 1.165) is 30.7 Å². The molecule has 0 amide bonds. The van der Waals surface area contributed by atoms with E-state index in [0.29, 0.717) is 17.2 Å². The number of aliphatic hydroxyl groups is 1. The Morgan fingerprint density at radius 2 is 1.93 bits per heavy atom. The van der Waals surface area contributed by atoms with Crippen molar-refractivity contribution in [3.63, 3.8) is 0 Å². The standard InChI is InChI=1S/C21H34N2O5S/c1-21(2)20(24)19(22-11-10-14-8-6-5-7-9-14)15-12-18(27-3)16(13-17(15)28-21)23-29(4,25)26/h12-14,19-20,22-24H,5-11H2,1-4H3. The second-order valence-electron chi connectivity index (χ2n) is 8.84. The Hall–Kier alpha value is -1.51. The lowest BCUT2D eigenvalue weighted by molar-refractivity contribution is -0.0646. The van der Waals surface area contributed by atoms with Crippen molar-refractivity contribution >= 4 is 15.7 Å². The maximum absolute atomic E-state index is 11.7.